The zero-order valence-corrected chi connectivity index (χ0v) is 36.7. The summed E-state index contributed by atoms with van der Waals surface area (Å²) in [5.74, 6) is -4.40. The first kappa shape index (κ1) is 46.9. The van der Waals surface area contributed by atoms with Crippen LogP contribution in [0.1, 0.15) is 86.6 Å². The topological polar surface area (TPSA) is 175 Å². The monoisotopic (exact) mass is 822 g/mol. The van der Waals surface area contributed by atoms with Crippen molar-refractivity contribution in [3.05, 3.63) is 47.7 Å². The molecule has 7 atom stereocenters. The molecule has 15 heteroatoms. The van der Waals surface area contributed by atoms with Crippen molar-refractivity contribution in [2.24, 2.45) is 23.7 Å². The molecule has 0 aliphatic carbocycles. The van der Waals surface area contributed by atoms with E-state index in [1.54, 1.807) is 18.7 Å². The Morgan fingerprint density at radius 3 is 1.86 bits per heavy atom. The van der Waals surface area contributed by atoms with Crippen molar-refractivity contribution < 1.29 is 43.0 Å². The Hall–Kier alpha value is -4.79. The summed E-state index contributed by atoms with van der Waals surface area (Å²) in [6, 6.07) is 4.45. The van der Waals surface area contributed by atoms with E-state index in [9.17, 15) is 33.6 Å². The van der Waals surface area contributed by atoms with Crippen molar-refractivity contribution >= 4 is 41.4 Å². The van der Waals surface area contributed by atoms with Crippen LogP contribution in [0.3, 0.4) is 0 Å². The normalized spacial score (nSPS) is 21.6. The molecule has 0 bridgehead atoms. The highest BCUT2D eigenvalue weighted by Crippen LogP contribution is 2.30. The average Bonchev–Trinajstić information content (AvgIpc) is 3.93. The molecule has 3 aliphatic heterocycles. The van der Waals surface area contributed by atoms with Gasteiger partial charge in [-0.2, -0.15) is 0 Å². The third-order valence-electron chi connectivity index (χ3n) is 11.5. The van der Waals surface area contributed by atoms with Gasteiger partial charge in [0.25, 0.3) is 11.8 Å². The Labute approximate surface area is 349 Å². The van der Waals surface area contributed by atoms with Gasteiger partial charge in [-0.1, -0.05) is 85.7 Å². The van der Waals surface area contributed by atoms with Gasteiger partial charge in [0.1, 0.15) is 36.0 Å². The zero-order valence-electron chi connectivity index (χ0n) is 36.7. The second-order valence-electron chi connectivity index (χ2n) is 17.6. The number of methoxy groups -OCH3 is 1. The third-order valence-corrected chi connectivity index (χ3v) is 11.5. The SMILES string of the molecule is COC1=CC(=O)N(C(=O)C(OC(=O)C2CCCN2C(=O)C2CCCN2C(=O)C(NC(=O)C(NC(=O)C(C(C)C)N(C)C)C(C)C)C(C)C)C(C)C)C1Cc1ccccc1. The maximum atomic E-state index is 14.3. The molecule has 0 aromatic heterocycles. The first-order valence-electron chi connectivity index (χ1n) is 21.1. The number of carbonyl (C=O) groups excluding carboxylic acids is 7. The lowest BCUT2D eigenvalue weighted by atomic mass is 9.97. The van der Waals surface area contributed by atoms with Gasteiger partial charge in [0.05, 0.1) is 13.2 Å². The summed E-state index contributed by atoms with van der Waals surface area (Å²) in [6.07, 6.45) is 2.00. The maximum Gasteiger partial charge on any atom is 0.329 e. The second kappa shape index (κ2) is 20.5. The number of benzene rings is 1. The van der Waals surface area contributed by atoms with Crippen molar-refractivity contribution in [1.82, 2.24) is 30.2 Å². The Bertz CT molecular complexity index is 1720. The number of hydrogen-bond donors (Lipinski definition) is 2. The molecular weight excluding hydrogens is 757 g/mol. The maximum absolute atomic E-state index is 14.3. The van der Waals surface area contributed by atoms with Crippen LogP contribution in [0, 0.1) is 23.7 Å². The largest absolute Gasteiger partial charge is 0.499 e. The summed E-state index contributed by atoms with van der Waals surface area (Å²) in [6.45, 7) is 15.1. The minimum Gasteiger partial charge on any atom is -0.499 e. The number of imide groups is 1. The van der Waals surface area contributed by atoms with Gasteiger partial charge in [0.2, 0.25) is 23.6 Å². The van der Waals surface area contributed by atoms with E-state index in [4.69, 9.17) is 9.47 Å². The van der Waals surface area contributed by atoms with Gasteiger partial charge < -0.3 is 29.9 Å². The molecule has 4 rings (SSSR count). The molecule has 15 nitrogen and oxygen atoms in total. The predicted octanol–water partition coefficient (Wildman–Crippen LogP) is 2.91. The molecule has 0 saturated carbocycles. The molecule has 2 fully saturated rings. The number of likely N-dealkylation sites (N-methyl/N-ethyl adjacent to an activating group) is 1. The fourth-order valence-corrected chi connectivity index (χ4v) is 8.46. The number of likely N-dealkylation sites (tertiary alicyclic amines) is 2. The van der Waals surface area contributed by atoms with Crippen LogP contribution in [0.4, 0.5) is 0 Å². The van der Waals surface area contributed by atoms with Crippen LogP contribution in [-0.4, -0.2) is 138 Å². The van der Waals surface area contributed by atoms with Gasteiger partial charge in [-0.3, -0.25) is 38.6 Å². The molecule has 1 aromatic rings. The quantitative estimate of drug-likeness (QED) is 0.223. The van der Waals surface area contributed by atoms with E-state index in [-0.39, 0.29) is 36.8 Å². The van der Waals surface area contributed by atoms with Crippen molar-refractivity contribution in [2.45, 2.75) is 130 Å². The molecule has 2 saturated heterocycles. The van der Waals surface area contributed by atoms with E-state index in [0.29, 0.717) is 37.9 Å². The summed E-state index contributed by atoms with van der Waals surface area (Å²) < 4.78 is 11.4. The number of amides is 6. The standard InChI is InChI=1S/C44H66N6O9/c1-25(2)35(45-40(53)37(27(5)6)47(9)10)39(52)46-36(26(3)4)42(55)48-21-15-19-30(48)41(54)49-22-16-20-31(49)44(57)59-38(28(7)8)43(56)50-32(33(58-11)24-34(50)51)23-29-17-13-12-14-18-29/h12-14,17-18,24-28,30-32,35-38H,15-16,19-23H2,1-11H3,(H,45,53)(H,46,52). The minimum atomic E-state index is -1.31. The Balaban J connectivity index is 1.48. The van der Waals surface area contributed by atoms with Crippen LogP contribution in [0.5, 0.6) is 0 Å². The number of carbonyl (C=O) groups is 7. The molecule has 59 heavy (non-hydrogen) atoms. The lowest BCUT2D eigenvalue weighted by Gasteiger charge is -2.35. The molecular formula is C44H66N6O9. The van der Waals surface area contributed by atoms with Crippen LogP contribution >= 0.6 is 0 Å². The lowest BCUT2D eigenvalue weighted by Crippen LogP contribution is -2.61. The van der Waals surface area contributed by atoms with Crippen LogP contribution < -0.4 is 10.6 Å². The minimum absolute atomic E-state index is 0.00705. The number of rotatable bonds is 17. The first-order valence-corrected chi connectivity index (χ1v) is 21.1. The number of esters is 1. The van der Waals surface area contributed by atoms with Crippen LogP contribution in [0.15, 0.2) is 42.2 Å². The fourth-order valence-electron chi connectivity index (χ4n) is 8.46. The van der Waals surface area contributed by atoms with Gasteiger partial charge in [-0.05, 0) is 69.0 Å². The van der Waals surface area contributed by atoms with E-state index in [2.05, 4.69) is 10.6 Å². The molecule has 2 N–H and O–H groups in total. The number of nitrogens with one attached hydrogen (secondary N) is 2. The molecule has 3 aliphatic rings. The first-order chi connectivity index (χ1) is 27.8. The third kappa shape index (κ3) is 10.9. The van der Waals surface area contributed by atoms with E-state index in [1.165, 1.54) is 23.0 Å². The smallest absolute Gasteiger partial charge is 0.329 e. The summed E-state index contributed by atoms with van der Waals surface area (Å²) >= 11 is 0. The van der Waals surface area contributed by atoms with E-state index < -0.39 is 83.8 Å². The highest BCUT2D eigenvalue weighted by molar-refractivity contribution is 6.06. The fraction of sp³-hybridized carbons (Fsp3) is 0.659. The summed E-state index contributed by atoms with van der Waals surface area (Å²) in [4.78, 5) is 103. The van der Waals surface area contributed by atoms with E-state index in [1.807, 2.05) is 86.0 Å². The van der Waals surface area contributed by atoms with Gasteiger partial charge in [0.15, 0.2) is 6.10 Å². The number of ether oxygens (including phenoxy) is 2. The number of hydrogen-bond acceptors (Lipinski definition) is 10. The highest BCUT2D eigenvalue weighted by atomic mass is 16.6. The Morgan fingerprint density at radius 2 is 1.32 bits per heavy atom. The van der Waals surface area contributed by atoms with Crippen molar-refractivity contribution in [1.29, 1.82) is 0 Å². The average molecular weight is 823 g/mol. The van der Waals surface area contributed by atoms with E-state index >= 15 is 0 Å². The highest BCUT2D eigenvalue weighted by Gasteiger charge is 2.47. The van der Waals surface area contributed by atoms with Gasteiger partial charge in [-0.15, -0.1) is 0 Å². The van der Waals surface area contributed by atoms with Gasteiger partial charge in [0, 0.05) is 25.6 Å². The lowest BCUT2D eigenvalue weighted by molar-refractivity contribution is -0.170. The van der Waals surface area contributed by atoms with Crippen molar-refractivity contribution in [2.75, 3.05) is 34.3 Å². The van der Waals surface area contributed by atoms with Gasteiger partial charge >= 0.3 is 5.97 Å². The predicted molar refractivity (Wildman–Crippen MR) is 221 cm³/mol. The van der Waals surface area contributed by atoms with Crippen molar-refractivity contribution in [3.8, 4) is 0 Å². The van der Waals surface area contributed by atoms with Crippen LogP contribution in [0.2, 0.25) is 0 Å². The molecule has 7 unspecified atom stereocenters. The zero-order chi connectivity index (χ0) is 43.9. The Morgan fingerprint density at radius 1 is 0.746 bits per heavy atom. The Kier molecular flexibility index (Phi) is 16.3. The molecule has 0 spiro atoms. The molecule has 6 amide bonds. The molecule has 3 heterocycles. The summed E-state index contributed by atoms with van der Waals surface area (Å²) in [5.41, 5.74) is 0.885. The van der Waals surface area contributed by atoms with Crippen LogP contribution in [-0.2, 0) is 49.5 Å². The van der Waals surface area contributed by atoms with E-state index in [0.717, 1.165) is 10.5 Å². The molecule has 326 valence electrons. The summed E-state index contributed by atoms with van der Waals surface area (Å²) in [5, 5.41) is 5.80. The molecule has 0 radical (unpaired) electrons. The van der Waals surface area contributed by atoms with Crippen LogP contribution in [0.25, 0.3) is 0 Å². The molecule has 1 aromatic carbocycles. The second-order valence-corrected chi connectivity index (χ2v) is 17.6. The number of nitrogens with zero attached hydrogens (tertiary/aromatic N) is 4. The van der Waals surface area contributed by atoms with Gasteiger partial charge in [-0.25, -0.2) is 4.79 Å². The van der Waals surface area contributed by atoms with Crippen molar-refractivity contribution in [3.63, 3.8) is 0 Å². The summed E-state index contributed by atoms with van der Waals surface area (Å²) in [7, 11) is 5.06.